The molecule has 184 valence electrons. The van der Waals surface area contributed by atoms with Crippen LogP contribution in [0, 0.1) is 6.92 Å². The van der Waals surface area contributed by atoms with Gasteiger partial charge < -0.3 is 22.1 Å². The molecule has 35 heavy (non-hydrogen) atoms. The fraction of sp³-hybridized carbons (Fsp3) is 0.360. The van der Waals surface area contributed by atoms with Gasteiger partial charge >= 0.3 is 0 Å². The van der Waals surface area contributed by atoms with Crippen LogP contribution in [0.3, 0.4) is 0 Å². The number of fused-ring (bicyclic) bond motifs is 1. The highest BCUT2D eigenvalue weighted by atomic mass is 35.5. The van der Waals surface area contributed by atoms with E-state index in [1.54, 1.807) is 12.1 Å². The number of aromatic nitrogens is 2. The van der Waals surface area contributed by atoms with Crippen LogP contribution in [-0.4, -0.2) is 40.5 Å². The van der Waals surface area contributed by atoms with Crippen LogP contribution in [0.2, 0.25) is 10.0 Å². The molecule has 1 fully saturated rings. The molecule has 8 nitrogen and oxygen atoms in total. The first-order valence-electron chi connectivity index (χ1n) is 11.7. The molecule has 3 aromatic rings. The number of anilines is 1. The zero-order valence-electron chi connectivity index (χ0n) is 19.5. The summed E-state index contributed by atoms with van der Waals surface area (Å²) >= 11 is 12.1. The Kier molecular flexibility index (Phi) is 7.93. The van der Waals surface area contributed by atoms with Gasteiger partial charge in [0.1, 0.15) is 5.82 Å². The fourth-order valence-corrected chi connectivity index (χ4v) is 4.67. The van der Waals surface area contributed by atoms with E-state index in [1.807, 2.05) is 31.2 Å². The van der Waals surface area contributed by atoms with E-state index in [0.717, 1.165) is 42.2 Å². The number of amides is 1. The van der Waals surface area contributed by atoms with Gasteiger partial charge in [-0.1, -0.05) is 53.7 Å². The zero-order valence-corrected chi connectivity index (χ0v) is 21.0. The first kappa shape index (κ1) is 25.0. The molecular weight excluding hydrogens is 485 g/mol. The third kappa shape index (κ3) is 6.32. The van der Waals surface area contributed by atoms with E-state index in [4.69, 9.17) is 34.7 Å². The number of hydrogen-bond donors (Lipinski definition) is 4. The summed E-state index contributed by atoms with van der Waals surface area (Å²) in [5.41, 5.74) is 14.1. The Bertz CT molecular complexity index is 1260. The van der Waals surface area contributed by atoms with Gasteiger partial charge in [0, 0.05) is 11.9 Å². The molecule has 2 unspecified atom stereocenters. The molecule has 1 aliphatic rings. The maximum atomic E-state index is 13.0. The van der Waals surface area contributed by atoms with Crippen molar-refractivity contribution >= 4 is 51.8 Å². The molecule has 2 aromatic carbocycles. The van der Waals surface area contributed by atoms with Crippen LogP contribution in [0.1, 0.15) is 47.4 Å². The lowest BCUT2D eigenvalue weighted by Crippen LogP contribution is -2.38. The molecule has 6 N–H and O–H groups in total. The van der Waals surface area contributed by atoms with Crippen LogP contribution in [0.15, 0.2) is 41.4 Å². The van der Waals surface area contributed by atoms with Gasteiger partial charge in [0.25, 0.3) is 5.91 Å². The largest absolute Gasteiger partial charge is 0.370 e. The number of rotatable bonds is 7. The van der Waals surface area contributed by atoms with Crippen molar-refractivity contribution in [2.24, 2.45) is 16.5 Å². The van der Waals surface area contributed by atoms with E-state index < -0.39 is 0 Å². The van der Waals surface area contributed by atoms with Crippen molar-refractivity contribution in [1.29, 1.82) is 0 Å². The second-order valence-electron chi connectivity index (χ2n) is 8.83. The lowest BCUT2D eigenvalue weighted by atomic mass is 9.90. The number of nitrogens with one attached hydrogen (secondary N) is 2. The SMILES string of the molecule is Cc1ccc2nc(C(=O)NCCc3ccc(Cl)c(Cl)c3)nc(NC3CCCCC3N=C(N)N)c2c1. The lowest BCUT2D eigenvalue weighted by Gasteiger charge is -2.30. The summed E-state index contributed by atoms with van der Waals surface area (Å²) in [7, 11) is 0. The molecule has 0 spiro atoms. The molecule has 0 radical (unpaired) electrons. The van der Waals surface area contributed by atoms with Crippen molar-refractivity contribution in [1.82, 2.24) is 15.3 Å². The molecule has 2 atom stereocenters. The molecule has 0 aliphatic heterocycles. The Hall–Kier alpha value is -3.10. The second kappa shape index (κ2) is 11.1. The number of carbonyl (C=O) groups is 1. The van der Waals surface area contributed by atoms with E-state index in [2.05, 4.69) is 25.6 Å². The predicted molar refractivity (Wildman–Crippen MR) is 142 cm³/mol. The van der Waals surface area contributed by atoms with Gasteiger partial charge in [-0.3, -0.25) is 4.79 Å². The number of benzene rings is 2. The number of hydrogen-bond acceptors (Lipinski definition) is 5. The number of guanidine groups is 1. The Morgan fingerprint density at radius 3 is 2.66 bits per heavy atom. The minimum absolute atomic E-state index is 0.00928. The maximum absolute atomic E-state index is 13.0. The summed E-state index contributed by atoms with van der Waals surface area (Å²) in [6.07, 6.45) is 4.53. The van der Waals surface area contributed by atoms with E-state index in [0.29, 0.717) is 34.3 Å². The van der Waals surface area contributed by atoms with Gasteiger partial charge in [-0.2, -0.15) is 0 Å². The van der Waals surface area contributed by atoms with E-state index in [-0.39, 0.29) is 29.8 Å². The highest BCUT2D eigenvalue weighted by Gasteiger charge is 2.26. The quantitative estimate of drug-likeness (QED) is 0.276. The first-order valence-corrected chi connectivity index (χ1v) is 12.4. The third-order valence-electron chi connectivity index (χ3n) is 6.10. The summed E-state index contributed by atoms with van der Waals surface area (Å²) in [6.45, 7) is 2.42. The van der Waals surface area contributed by atoms with Crippen LogP contribution in [0.4, 0.5) is 5.82 Å². The first-order chi connectivity index (χ1) is 16.8. The van der Waals surface area contributed by atoms with Crippen molar-refractivity contribution in [2.75, 3.05) is 11.9 Å². The van der Waals surface area contributed by atoms with Crippen LogP contribution in [0.25, 0.3) is 10.9 Å². The Morgan fingerprint density at radius 1 is 1.09 bits per heavy atom. The maximum Gasteiger partial charge on any atom is 0.289 e. The van der Waals surface area contributed by atoms with Gasteiger partial charge in [0.05, 0.1) is 27.6 Å². The number of aryl methyl sites for hydroxylation is 1. The van der Waals surface area contributed by atoms with E-state index >= 15 is 0 Å². The van der Waals surface area contributed by atoms with Crippen molar-refractivity contribution in [3.63, 3.8) is 0 Å². The Morgan fingerprint density at radius 2 is 1.89 bits per heavy atom. The van der Waals surface area contributed by atoms with Crippen LogP contribution >= 0.6 is 23.2 Å². The van der Waals surface area contributed by atoms with Crippen molar-refractivity contribution < 1.29 is 4.79 Å². The normalized spacial score (nSPS) is 17.7. The number of carbonyl (C=O) groups excluding carboxylic acids is 1. The van der Waals surface area contributed by atoms with Gasteiger partial charge in [0.15, 0.2) is 5.96 Å². The molecule has 4 rings (SSSR count). The summed E-state index contributed by atoms with van der Waals surface area (Å²) < 4.78 is 0. The molecule has 1 aliphatic carbocycles. The topological polar surface area (TPSA) is 131 Å². The molecule has 1 aromatic heterocycles. The van der Waals surface area contributed by atoms with Gasteiger partial charge in [0.2, 0.25) is 5.82 Å². The average Bonchev–Trinajstić information content (AvgIpc) is 2.82. The Labute approximate surface area is 214 Å². The zero-order chi connectivity index (χ0) is 24.9. The van der Waals surface area contributed by atoms with Gasteiger partial charge in [-0.15, -0.1) is 0 Å². The third-order valence-corrected chi connectivity index (χ3v) is 6.84. The van der Waals surface area contributed by atoms with E-state index in [1.165, 1.54) is 0 Å². The highest BCUT2D eigenvalue weighted by Crippen LogP contribution is 2.28. The molecule has 0 saturated heterocycles. The minimum atomic E-state index is -0.347. The molecule has 1 amide bonds. The minimum Gasteiger partial charge on any atom is -0.370 e. The molecule has 1 saturated carbocycles. The summed E-state index contributed by atoms with van der Waals surface area (Å²) in [5.74, 6) is 0.442. The van der Waals surface area contributed by atoms with Crippen molar-refractivity contribution in [3.05, 3.63) is 63.4 Å². The monoisotopic (exact) mass is 513 g/mol. The van der Waals surface area contributed by atoms with Gasteiger partial charge in [-0.05, 0) is 56.0 Å². The lowest BCUT2D eigenvalue weighted by molar-refractivity contribution is 0.0944. The number of nitrogens with two attached hydrogens (primary N) is 2. The van der Waals surface area contributed by atoms with Crippen molar-refractivity contribution in [2.45, 2.75) is 51.1 Å². The van der Waals surface area contributed by atoms with E-state index in [9.17, 15) is 4.79 Å². The number of aliphatic imine (C=N–C) groups is 1. The highest BCUT2D eigenvalue weighted by molar-refractivity contribution is 6.42. The Balaban J connectivity index is 1.55. The summed E-state index contributed by atoms with van der Waals surface area (Å²) in [5, 5.41) is 8.26. The summed E-state index contributed by atoms with van der Waals surface area (Å²) in [4.78, 5) is 26.5. The summed E-state index contributed by atoms with van der Waals surface area (Å²) in [6, 6.07) is 11.3. The average molecular weight is 514 g/mol. The standard InChI is InChI=1S/C25H29Cl2N7O/c1-14-6-9-19-16(12-14)22(32-20-4-2-3-5-21(20)33-25(28)29)34-23(31-19)24(35)30-11-10-15-7-8-17(26)18(27)13-15/h6-9,12-13,20-21H,2-5,10-11H2,1H3,(H,30,35)(H4,28,29,33)(H,31,32,34). The number of nitrogens with zero attached hydrogens (tertiary/aromatic N) is 3. The van der Waals surface area contributed by atoms with Crippen LogP contribution < -0.4 is 22.1 Å². The molecule has 10 heteroatoms. The fourth-order valence-electron chi connectivity index (χ4n) is 4.35. The molecule has 1 heterocycles. The van der Waals surface area contributed by atoms with Crippen LogP contribution in [-0.2, 0) is 6.42 Å². The van der Waals surface area contributed by atoms with Crippen molar-refractivity contribution in [3.8, 4) is 0 Å². The van der Waals surface area contributed by atoms with Crippen LogP contribution in [0.5, 0.6) is 0 Å². The predicted octanol–water partition coefficient (Wildman–Crippen LogP) is 4.21. The molecule has 0 bridgehead atoms. The molecular formula is C25H29Cl2N7O. The number of halogens is 2. The van der Waals surface area contributed by atoms with Gasteiger partial charge in [-0.25, -0.2) is 15.0 Å². The smallest absolute Gasteiger partial charge is 0.289 e. The second-order valence-corrected chi connectivity index (χ2v) is 9.64.